The van der Waals surface area contributed by atoms with Crippen molar-refractivity contribution in [3.05, 3.63) is 91.0 Å². The molecular weight excluding hydrogens is 345 g/mol. The number of rotatable bonds is 0. The van der Waals surface area contributed by atoms with E-state index >= 15 is 0 Å². The molecule has 0 saturated carbocycles. The van der Waals surface area contributed by atoms with Crippen LogP contribution in [-0.2, 0) is 0 Å². The van der Waals surface area contributed by atoms with Crippen LogP contribution in [0.1, 0.15) is 0 Å². The molecule has 0 N–H and O–H groups in total. The Hall–Kier alpha value is -0.690. The predicted octanol–water partition coefficient (Wildman–Crippen LogP) is 4.22. The smallest absolute Gasteiger partial charge is 0.214 e. The van der Waals surface area contributed by atoms with Crippen LogP contribution in [0.15, 0.2) is 91.0 Å². The summed E-state index contributed by atoms with van der Waals surface area (Å²) in [5.74, 6) is 0. The van der Waals surface area contributed by atoms with Crippen LogP contribution in [0.4, 0.5) is 0 Å². The molecular formula is C15H15Ho. The van der Waals surface area contributed by atoms with E-state index in [1.54, 1.807) is 0 Å². The van der Waals surface area contributed by atoms with E-state index in [2.05, 4.69) is 0 Å². The van der Waals surface area contributed by atoms with E-state index in [9.17, 15) is 0 Å². The van der Waals surface area contributed by atoms with Crippen molar-refractivity contribution in [2.75, 3.05) is 0 Å². The van der Waals surface area contributed by atoms with Crippen molar-refractivity contribution in [3.63, 3.8) is 0 Å². The van der Waals surface area contributed by atoms with Gasteiger partial charge in [-0.3, -0.25) is 0 Å². The molecule has 16 heavy (non-hydrogen) atoms. The second-order valence-electron chi connectivity index (χ2n) is 2.89. The summed E-state index contributed by atoms with van der Waals surface area (Å²) in [6.45, 7) is 0. The molecule has 0 aromatic heterocycles. The molecule has 0 aliphatic carbocycles. The molecule has 0 nitrogen and oxygen atoms in total. The van der Waals surface area contributed by atoms with E-state index in [-0.39, 0.29) is 37.7 Å². The van der Waals surface area contributed by atoms with Crippen LogP contribution in [0.25, 0.3) is 0 Å². The first-order valence-electron chi connectivity index (χ1n) is 5.00. The standard InChI is InChI=1S/3C5H5.Ho/c3*1-2-4-5-3-1;/h3*1-5H;/q3*-1;+3. The molecule has 0 amide bonds. The van der Waals surface area contributed by atoms with E-state index < -0.39 is 0 Å². The van der Waals surface area contributed by atoms with Crippen molar-refractivity contribution in [1.29, 1.82) is 0 Å². The van der Waals surface area contributed by atoms with Gasteiger partial charge in [-0.15, -0.1) is 0 Å². The molecule has 0 unspecified atom stereocenters. The Morgan fingerprint density at radius 1 is 0.375 bits per heavy atom. The number of hydrogen-bond acceptors (Lipinski definition) is 0. The summed E-state index contributed by atoms with van der Waals surface area (Å²) < 4.78 is 0. The minimum atomic E-state index is 0. The van der Waals surface area contributed by atoms with E-state index in [1.165, 1.54) is 0 Å². The molecule has 0 heterocycles. The van der Waals surface area contributed by atoms with Gasteiger partial charge >= 0.3 is 37.7 Å². The SMILES string of the molecule is [Ho+3].c1cc[cH-]c1.c1cc[cH-]c1.c1cc[cH-]c1. The maximum atomic E-state index is 2.00. The fourth-order valence-corrected chi connectivity index (χ4v) is 0.962. The van der Waals surface area contributed by atoms with Crippen LogP contribution in [0.5, 0.6) is 0 Å². The Morgan fingerprint density at radius 3 is 0.625 bits per heavy atom. The zero-order valence-electron chi connectivity index (χ0n) is 8.96. The largest absolute Gasteiger partial charge is 3.00 e. The minimum Gasteiger partial charge on any atom is -0.214 e. The summed E-state index contributed by atoms with van der Waals surface area (Å²) in [6.07, 6.45) is 0. The maximum absolute atomic E-state index is 2.00. The van der Waals surface area contributed by atoms with Crippen LogP contribution >= 0.6 is 0 Å². The summed E-state index contributed by atoms with van der Waals surface area (Å²) in [4.78, 5) is 0. The van der Waals surface area contributed by atoms with E-state index in [0.717, 1.165) is 0 Å². The van der Waals surface area contributed by atoms with Crippen molar-refractivity contribution in [3.8, 4) is 0 Å². The van der Waals surface area contributed by atoms with Gasteiger partial charge in [-0.2, -0.15) is 54.6 Å². The molecule has 3 rings (SSSR count). The van der Waals surface area contributed by atoms with E-state index in [0.29, 0.717) is 0 Å². The van der Waals surface area contributed by atoms with Crippen LogP contribution in [0.2, 0.25) is 0 Å². The third kappa shape index (κ3) is 9.85. The summed E-state index contributed by atoms with van der Waals surface area (Å²) in [6, 6.07) is 30.0. The zero-order valence-corrected chi connectivity index (χ0v) is 10.9. The second kappa shape index (κ2) is 12.4. The van der Waals surface area contributed by atoms with Gasteiger partial charge in [-0.05, 0) is 0 Å². The molecule has 1 heteroatoms. The Bertz CT molecular complexity index is 237. The second-order valence-corrected chi connectivity index (χ2v) is 2.89. The Balaban J connectivity index is 0.000000205. The molecule has 0 radical (unpaired) electrons. The topological polar surface area (TPSA) is 0 Å². The summed E-state index contributed by atoms with van der Waals surface area (Å²) >= 11 is 0. The fraction of sp³-hybridized carbons (Fsp3) is 0. The molecule has 86 valence electrons. The van der Waals surface area contributed by atoms with Gasteiger partial charge in [0.2, 0.25) is 0 Å². The molecule has 0 saturated heterocycles. The van der Waals surface area contributed by atoms with Crippen molar-refractivity contribution in [1.82, 2.24) is 0 Å². The van der Waals surface area contributed by atoms with Crippen molar-refractivity contribution < 1.29 is 37.7 Å². The predicted molar refractivity (Wildman–Crippen MR) is 66.1 cm³/mol. The first-order chi connectivity index (χ1) is 7.50. The van der Waals surface area contributed by atoms with Crippen molar-refractivity contribution in [2.45, 2.75) is 0 Å². The molecule has 0 bridgehead atoms. The normalized spacial score (nSPS) is 7.50. The van der Waals surface area contributed by atoms with Crippen molar-refractivity contribution >= 4 is 0 Å². The number of hydrogen-bond donors (Lipinski definition) is 0. The van der Waals surface area contributed by atoms with Gasteiger partial charge in [0.15, 0.2) is 0 Å². The average molecular weight is 360 g/mol. The molecule has 0 aliphatic heterocycles. The van der Waals surface area contributed by atoms with Crippen LogP contribution in [-0.4, -0.2) is 0 Å². The van der Waals surface area contributed by atoms with Crippen molar-refractivity contribution in [2.24, 2.45) is 0 Å². The summed E-state index contributed by atoms with van der Waals surface area (Å²) in [5, 5.41) is 0. The third-order valence-electron chi connectivity index (χ3n) is 1.67. The van der Waals surface area contributed by atoms with E-state index in [1.807, 2.05) is 91.0 Å². The van der Waals surface area contributed by atoms with Gasteiger partial charge in [0.1, 0.15) is 0 Å². The zero-order chi connectivity index (χ0) is 10.6. The quantitative estimate of drug-likeness (QED) is 0.416. The molecule has 3 aromatic carbocycles. The van der Waals surface area contributed by atoms with Gasteiger partial charge in [-0.1, -0.05) is 0 Å². The first-order valence-corrected chi connectivity index (χ1v) is 5.00. The molecule has 0 atom stereocenters. The minimum absolute atomic E-state index is 0. The van der Waals surface area contributed by atoms with Gasteiger partial charge in [-0.25, -0.2) is 36.4 Å². The Kier molecular flexibility index (Phi) is 11.8. The summed E-state index contributed by atoms with van der Waals surface area (Å²) in [7, 11) is 0. The Labute approximate surface area is 128 Å². The van der Waals surface area contributed by atoms with Gasteiger partial charge in [0.25, 0.3) is 0 Å². The van der Waals surface area contributed by atoms with Gasteiger partial charge < -0.3 is 0 Å². The molecule has 0 fully saturated rings. The molecule has 0 aliphatic rings. The van der Waals surface area contributed by atoms with Crippen LogP contribution in [0, 0.1) is 37.7 Å². The first kappa shape index (κ1) is 15.3. The third-order valence-corrected chi connectivity index (χ3v) is 1.67. The van der Waals surface area contributed by atoms with E-state index in [4.69, 9.17) is 0 Å². The van der Waals surface area contributed by atoms with Gasteiger partial charge in [0.05, 0.1) is 0 Å². The van der Waals surface area contributed by atoms with Crippen LogP contribution in [0.3, 0.4) is 0 Å². The molecule has 0 spiro atoms. The maximum Gasteiger partial charge on any atom is 3.00 e. The average Bonchev–Trinajstić information content (AvgIpc) is 3.09. The fourth-order valence-electron chi connectivity index (χ4n) is 0.962. The monoisotopic (exact) mass is 360 g/mol. The Morgan fingerprint density at radius 2 is 0.562 bits per heavy atom. The van der Waals surface area contributed by atoms with Gasteiger partial charge in [0, 0.05) is 0 Å². The molecule has 3 aromatic rings. The summed E-state index contributed by atoms with van der Waals surface area (Å²) in [5.41, 5.74) is 0. The van der Waals surface area contributed by atoms with Crippen LogP contribution < -0.4 is 0 Å².